The van der Waals surface area contributed by atoms with Gasteiger partial charge in [0.05, 0.1) is 9.93 Å². The number of hydrogen-bond donors (Lipinski definition) is 2. The van der Waals surface area contributed by atoms with Gasteiger partial charge >= 0.3 is 0 Å². The number of aromatic nitrogens is 1. The van der Waals surface area contributed by atoms with Crippen LogP contribution in [-0.2, 0) is 13.0 Å². The zero-order valence-electron chi connectivity index (χ0n) is 13.5. The lowest BCUT2D eigenvalue weighted by Crippen LogP contribution is -2.37. The third kappa shape index (κ3) is 6.04. The van der Waals surface area contributed by atoms with E-state index in [0.29, 0.717) is 24.6 Å². The number of aliphatic imine (C=N–C) groups is 1. The number of nitro benzene ring substituents is 1. The van der Waals surface area contributed by atoms with Gasteiger partial charge in [0.25, 0.3) is 5.69 Å². The number of nitrogens with one attached hydrogen (secondary N) is 2. The molecular weight excluding hydrogens is 441 g/mol. The van der Waals surface area contributed by atoms with Crippen molar-refractivity contribution in [2.45, 2.75) is 19.9 Å². The molecule has 0 unspecified atom stereocenters. The predicted molar refractivity (Wildman–Crippen MR) is 107 cm³/mol. The molecule has 0 fully saturated rings. The number of nitro groups is 1. The minimum absolute atomic E-state index is 0. The summed E-state index contributed by atoms with van der Waals surface area (Å²) < 4.78 is 0. The monoisotopic (exact) mass is 461 g/mol. The van der Waals surface area contributed by atoms with Crippen molar-refractivity contribution in [3.8, 4) is 0 Å². The number of hydrogen-bond acceptors (Lipinski definition) is 5. The molecule has 24 heavy (non-hydrogen) atoms. The summed E-state index contributed by atoms with van der Waals surface area (Å²) in [6.45, 7) is 3.07. The molecule has 0 saturated carbocycles. The molecule has 0 spiro atoms. The third-order valence-corrected chi connectivity index (χ3v) is 4.13. The molecule has 0 aliphatic carbocycles. The summed E-state index contributed by atoms with van der Waals surface area (Å²) in [5.74, 6) is 0.608. The van der Waals surface area contributed by atoms with Crippen molar-refractivity contribution >= 4 is 47.0 Å². The zero-order valence-corrected chi connectivity index (χ0v) is 16.6. The number of para-hydroxylation sites is 1. The Labute approximate surface area is 161 Å². The van der Waals surface area contributed by atoms with Gasteiger partial charge in [-0.25, -0.2) is 4.98 Å². The zero-order chi connectivity index (χ0) is 16.7. The van der Waals surface area contributed by atoms with Crippen LogP contribution in [-0.4, -0.2) is 29.5 Å². The molecule has 1 aromatic carbocycles. The number of halogens is 1. The molecule has 0 saturated heterocycles. The number of rotatable bonds is 6. The van der Waals surface area contributed by atoms with Crippen LogP contribution in [0.15, 0.2) is 35.5 Å². The van der Waals surface area contributed by atoms with Gasteiger partial charge in [-0.05, 0) is 6.92 Å². The molecule has 0 radical (unpaired) electrons. The van der Waals surface area contributed by atoms with Crippen molar-refractivity contribution in [3.05, 3.63) is 56.0 Å². The smallest absolute Gasteiger partial charge is 0.274 e. The van der Waals surface area contributed by atoms with E-state index < -0.39 is 0 Å². The molecule has 1 aromatic heterocycles. The number of benzene rings is 1. The molecular formula is C15H20IN5O2S. The van der Waals surface area contributed by atoms with Gasteiger partial charge in [0, 0.05) is 49.3 Å². The lowest BCUT2D eigenvalue weighted by atomic mass is 10.2. The van der Waals surface area contributed by atoms with Crippen LogP contribution in [0.1, 0.15) is 15.4 Å². The van der Waals surface area contributed by atoms with Crippen molar-refractivity contribution in [2.24, 2.45) is 4.99 Å². The van der Waals surface area contributed by atoms with Crippen LogP contribution in [0.5, 0.6) is 0 Å². The maximum absolute atomic E-state index is 11.0. The molecule has 0 atom stereocenters. The Kier molecular flexibility index (Phi) is 8.61. The second kappa shape index (κ2) is 10.2. The van der Waals surface area contributed by atoms with E-state index in [1.165, 1.54) is 10.9 Å². The van der Waals surface area contributed by atoms with Crippen LogP contribution in [0, 0.1) is 17.0 Å². The van der Waals surface area contributed by atoms with E-state index in [4.69, 9.17) is 0 Å². The fraction of sp³-hybridized carbons (Fsp3) is 0.333. The van der Waals surface area contributed by atoms with Gasteiger partial charge < -0.3 is 10.6 Å². The minimum atomic E-state index is -0.377. The lowest BCUT2D eigenvalue weighted by molar-refractivity contribution is -0.385. The summed E-state index contributed by atoms with van der Waals surface area (Å²) in [6, 6.07) is 6.67. The van der Waals surface area contributed by atoms with Crippen molar-refractivity contribution < 1.29 is 4.92 Å². The van der Waals surface area contributed by atoms with Gasteiger partial charge in [0.2, 0.25) is 0 Å². The number of aryl methyl sites for hydroxylation is 1. The Morgan fingerprint density at radius 2 is 2.12 bits per heavy atom. The summed E-state index contributed by atoms with van der Waals surface area (Å²) in [7, 11) is 1.67. The molecule has 2 N–H and O–H groups in total. The summed E-state index contributed by atoms with van der Waals surface area (Å²) >= 11 is 1.68. The molecule has 2 rings (SSSR count). The summed E-state index contributed by atoms with van der Waals surface area (Å²) in [6.07, 6.45) is 2.67. The standard InChI is InChI=1S/C15H19N5O2S.HI/c1-11-9-18-14(23-11)7-8-17-15(16-2)19-10-12-5-3-4-6-13(12)20(21)22;/h3-6,9H,7-8,10H2,1-2H3,(H2,16,17,19);1H. The van der Waals surface area contributed by atoms with E-state index in [1.807, 2.05) is 13.1 Å². The fourth-order valence-corrected chi connectivity index (χ4v) is 2.83. The van der Waals surface area contributed by atoms with Gasteiger partial charge in [-0.15, -0.1) is 35.3 Å². The first kappa shape index (κ1) is 20.3. The van der Waals surface area contributed by atoms with Crippen molar-refractivity contribution in [1.29, 1.82) is 0 Å². The van der Waals surface area contributed by atoms with Crippen molar-refractivity contribution in [3.63, 3.8) is 0 Å². The van der Waals surface area contributed by atoms with E-state index in [9.17, 15) is 10.1 Å². The molecule has 7 nitrogen and oxygen atoms in total. The van der Waals surface area contributed by atoms with Crippen molar-refractivity contribution in [2.75, 3.05) is 13.6 Å². The van der Waals surface area contributed by atoms with Crippen LogP contribution in [0.4, 0.5) is 5.69 Å². The first-order valence-corrected chi connectivity index (χ1v) is 8.00. The SMILES string of the molecule is CN=C(NCCc1ncc(C)s1)NCc1ccccc1[N+](=O)[O-].I. The Balaban J connectivity index is 0.00000288. The normalized spacial score (nSPS) is 10.8. The van der Waals surface area contributed by atoms with Crippen LogP contribution < -0.4 is 10.6 Å². The first-order valence-electron chi connectivity index (χ1n) is 7.18. The van der Waals surface area contributed by atoms with Crippen LogP contribution >= 0.6 is 35.3 Å². The van der Waals surface area contributed by atoms with Gasteiger partial charge in [0.1, 0.15) is 0 Å². The fourth-order valence-electron chi connectivity index (χ4n) is 2.04. The maximum Gasteiger partial charge on any atom is 0.274 e. The van der Waals surface area contributed by atoms with E-state index in [1.54, 1.807) is 36.6 Å². The third-order valence-electron chi connectivity index (χ3n) is 3.16. The topological polar surface area (TPSA) is 92.5 Å². The predicted octanol–water partition coefficient (Wildman–Crippen LogP) is 2.89. The summed E-state index contributed by atoms with van der Waals surface area (Å²) in [4.78, 5) is 20.2. The number of guanidine groups is 1. The lowest BCUT2D eigenvalue weighted by Gasteiger charge is -2.11. The number of thiazole rings is 1. The van der Waals surface area contributed by atoms with Gasteiger partial charge in [0.15, 0.2) is 5.96 Å². The van der Waals surface area contributed by atoms with Crippen LogP contribution in [0.2, 0.25) is 0 Å². The Morgan fingerprint density at radius 1 is 1.38 bits per heavy atom. The van der Waals surface area contributed by atoms with Crippen molar-refractivity contribution in [1.82, 2.24) is 15.6 Å². The van der Waals surface area contributed by atoms with Gasteiger partial charge in [-0.3, -0.25) is 15.1 Å². The molecule has 0 amide bonds. The second-order valence-corrected chi connectivity index (χ2v) is 6.17. The molecule has 1 heterocycles. The second-order valence-electron chi connectivity index (χ2n) is 4.85. The highest BCUT2D eigenvalue weighted by atomic mass is 127. The first-order chi connectivity index (χ1) is 11.1. The van der Waals surface area contributed by atoms with Crippen LogP contribution in [0.3, 0.4) is 0 Å². The van der Waals surface area contributed by atoms with Gasteiger partial charge in [-0.2, -0.15) is 0 Å². The summed E-state index contributed by atoms with van der Waals surface area (Å²) in [5.41, 5.74) is 0.727. The Bertz CT molecular complexity index is 705. The molecule has 0 aliphatic rings. The maximum atomic E-state index is 11.0. The highest BCUT2D eigenvalue weighted by Crippen LogP contribution is 2.17. The average Bonchev–Trinajstić information content (AvgIpc) is 2.96. The molecule has 2 aromatic rings. The van der Waals surface area contributed by atoms with Crippen LogP contribution in [0.25, 0.3) is 0 Å². The van der Waals surface area contributed by atoms with E-state index in [-0.39, 0.29) is 34.6 Å². The highest BCUT2D eigenvalue weighted by Gasteiger charge is 2.12. The van der Waals surface area contributed by atoms with E-state index >= 15 is 0 Å². The Morgan fingerprint density at radius 3 is 2.75 bits per heavy atom. The molecule has 130 valence electrons. The molecule has 0 aliphatic heterocycles. The molecule has 0 bridgehead atoms. The Hall–Kier alpha value is -1.75. The average molecular weight is 461 g/mol. The number of nitrogens with zero attached hydrogens (tertiary/aromatic N) is 3. The minimum Gasteiger partial charge on any atom is -0.356 e. The quantitative estimate of drug-likeness (QED) is 0.227. The van der Waals surface area contributed by atoms with Gasteiger partial charge in [-0.1, -0.05) is 18.2 Å². The van der Waals surface area contributed by atoms with E-state index in [0.717, 1.165) is 11.4 Å². The summed E-state index contributed by atoms with van der Waals surface area (Å²) in [5, 5.41) is 18.3. The molecule has 9 heteroatoms. The highest BCUT2D eigenvalue weighted by molar-refractivity contribution is 14.0. The largest absolute Gasteiger partial charge is 0.356 e. The van der Waals surface area contributed by atoms with E-state index in [2.05, 4.69) is 20.6 Å².